The fourth-order valence-electron chi connectivity index (χ4n) is 4.33. The lowest BCUT2D eigenvalue weighted by molar-refractivity contribution is -0.132. The smallest absolute Gasteiger partial charge is 0.242 e. The van der Waals surface area contributed by atoms with E-state index in [0.717, 1.165) is 24.2 Å². The highest BCUT2D eigenvalue weighted by molar-refractivity contribution is 5.87. The zero-order valence-corrected chi connectivity index (χ0v) is 15.7. The maximum absolute atomic E-state index is 13.1. The van der Waals surface area contributed by atoms with E-state index < -0.39 is 0 Å². The standard InChI is InChI=1S/C23H23N3O/c1-15-7-8-20-18(11-15)19-13-25(10-9-21(19)24-20)23(27)14-26-16(2)12-17-5-3-4-6-22(17)26/h3-8,11-12,24H,9-10,13-14H2,1-2H3. The topological polar surface area (TPSA) is 41.0 Å². The van der Waals surface area contributed by atoms with Crippen LogP contribution in [0, 0.1) is 13.8 Å². The summed E-state index contributed by atoms with van der Waals surface area (Å²) in [6, 6.07) is 16.9. The van der Waals surface area contributed by atoms with Gasteiger partial charge in [0.15, 0.2) is 0 Å². The summed E-state index contributed by atoms with van der Waals surface area (Å²) in [5.74, 6) is 0.187. The van der Waals surface area contributed by atoms with Gasteiger partial charge in [-0.3, -0.25) is 4.79 Å². The number of nitrogens with zero attached hydrogens (tertiary/aromatic N) is 2. The van der Waals surface area contributed by atoms with Gasteiger partial charge >= 0.3 is 0 Å². The molecule has 27 heavy (non-hydrogen) atoms. The van der Waals surface area contributed by atoms with Gasteiger partial charge < -0.3 is 14.5 Å². The molecule has 0 spiro atoms. The van der Waals surface area contributed by atoms with Gasteiger partial charge in [0.1, 0.15) is 6.54 Å². The van der Waals surface area contributed by atoms with Crippen LogP contribution >= 0.6 is 0 Å². The molecule has 1 aliphatic heterocycles. The molecule has 1 aliphatic rings. The number of hydrogen-bond donors (Lipinski definition) is 1. The molecule has 4 nitrogen and oxygen atoms in total. The number of aryl methyl sites for hydroxylation is 2. The number of hydrogen-bond acceptors (Lipinski definition) is 1. The number of carbonyl (C=O) groups is 1. The van der Waals surface area contributed by atoms with Crippen molar-refractivity contribution < 1.29 is 4.79 Å². The Morgan fingerprint density at radius 1 is 1.11 bits per heavy atom. The minimum Gasteiger partial charge on any atom is -0.358 e. The van der Waals surface area contributed by atoms with Gasteiger partial charge in [-0.05, 0) is 43.5 Å². The molecule has 3 heterocycles. The summed E-state index contributed by atoms with van der Waals surface area (Å²) in [6.45, 7) is 6.05. The number of para-hydroxylation sites is 1. The van der Waals surface area contributed by atoms with Crippen molar-refractivity contribution >= 4 is 27.7 Å². The largest absolute Gasteiger partial charge is 0.358 e. The monoisotopic (exact) mass is 357 g/mol. The van der Waals surface area contributed by atoms with E-state index in [1.165, 1.54) is 33.1 Å². The van der Waals surface area contributed by atoms with E-state index >= 15 is 0 Å². The van der Waals surface area contributed by atoms with Crippen molar-refractivity contribution in [2.75, 3.05) is 6.54 Å². The first kappa shape index (κ1) is 16.2. The Labute approximate surface area is 158 Å². The van der Waals surface area contributed by atoms with E-state index in [2.05, 4.69) is 59.8 Å². The number of benzene rings is 2. The predicted molar refractivity (Wildman–Crippen MR) is 109 cm³/mol. The molecule has 1 amide bonds. The molecule has 0 bridgehead atoms. The van der Waals surface area contributed by atoms with Crippen molar-refractivity contribution in [2.45, 2.75) is 33.4 Å². The summed E-state index contributed by atoms with van der Waals surface area (Å²) >= 11 is 0. The molecule has 0 atom stereocenters. The molecule has 2 aromatic heterocycles. The lowest BCUT2D eigenvalue weighted by Gasteiger charge is -2.28. The van der Waals surface area contributed by atoms with E-state index in [0.29, 0.717) is 13.1 Å². The number of rotatable bonds is 2. The van der Waals surface area contributed by atoms with Crippen LogP contribution in [0.4, 0.5) is 0 Å². The highest BCUT2D eigenvalue weighted by Crippen LogP contribution is 2.29. The quantitative estimate of drug-likeness (QED) is 0.570. The van der Waals surface area contributed by atoms with Crippen LogP contribution in [0.1, 0.15) is 22.5 Å². The highest BCUT2D eigenvalue weighted by Gasteiger charge is 2.24. The molecule has 0 fully saturated rings. The average molecular weight is 357 g/mol. The SMILES string of the molecule is Cc1ccc2[nH]c3c(c2c1)CN(C(=O)Cn1c(C)cc2ccccc21)CC3. The zero-order valence-electron chi connectivity index (χ0n) is 15.7. The van der Waals surface area contributed by atoms with Crippen molar-refractivity contribution in [1.29, 1.82) is 0 Å². The molecule has 0 saturated carbocycles. The third-order valence-electron chi connectivity index (χ3n) is 5.79. The number of fused-ring (bicyclic) bond motifs is 4. The Balaban J connectivity index is 1.44. The first-order chi connectivity index (χ1) is 13.1. The van der Waals surface area contributed by atoms with Crippen LogP contribution in [0.25, 0.3) is 21.8 Å². The molecular weight excluding hydrogens is 334 g/mol. The van der Waals surface area contributed by atoms with Crippen LogP contribution in [-0.2, 0) is 24.3 Å². The maximum atomic E-state index is 13.1. The normalized spacial score (nSPS) is 14.1. The summed E-state index contributed by atoms with van der Waals surface area (Å²) < 4.78 is 2.13. The molecule has 4 aromatic rings. The van der Waals surface area contributed by atoms with E-state index in [9.17, 15) is 4.79 Å². The molecule has 2 aromatic carbocycles. The zero-order chi connectivity index (χ0) is 18.5. The number of aromatic amines is 1. The molecule has 136 valence electrons. The minimum absolute atomic E-state index is 0.187. The van der Waals surface area contributed by atoms with Gasteiger partial charge in [-0.25, -0.2) is 0 Å². The van der Waals surface area contributed by atoms with E-state index in [1.54, 1.807) is 0 Å². The number of H-pyrrole nitrogens is 1. The van der Waals surface area contributed by atoms with Crippen LogP contribution in [0.15, 0.2) is 48.5 Å². The number of amides is 1. The van der Waals surface area contributed by atoms with Crippen molar-refractivity contribution in [3.63, 3.8) is 0 Å². The van der Waals surface area contributed by atoms with Gasteiger partial charge in [0.25, 0.3) is 0 Å². The van der Waals surface area contributed by atoms with E-state index in [4.69, 9.17) is 0 Å². The van der Waals surface area contributed by atoms with Gasteiger partial charge in [0, 0.05) is 52.9 Å². The van der Waals surface area contributed by atoms with Crippen molar-refractivity contribution in [3.8, 4) is 0 Å². The van der Waals surface area contributed by atoms with Crippen molar-refractivity contribution in [2.24, 2.45) is 0 Å². The predicted octanol–water partition coefficient (Wildman–Crippen LogP) is 4.32. The molecular formula is C23H23N3O. The molecule has 0 saturated heterocycles. The Morgan fingerprint density at radius 3 is 2.85 bits per heavy atom. The van der Waals surface area contributed by atoms with Gasteiger partial charge in [0.05, 0.1) is 0 Å². The minimum atomic E-state index is 0.187. The Morgan fingerprint density at radius 2 is 1.96 bits per heavy atom. The lowest BCUT2D eigenvalue weighted by Crippen LogP contribution is -2.38. The maximum Gasteiger partial charge on any atom is 0.242 e. The van der Waals surface area contributed by atoms with Crippen LogP contribution in [0.5, 0.6) is 0 Å². The summed E-state index contributed by atoms with van der Waals surface area (Å²) in [7, 11) is 0. The Hall–Kier alpha value is -3.01. The third kappa shape index (κ3) is 2.64. The number of aromatic nitrogens is 2. The van der Waals surface area contributed by atoms with Gasteiger partial charge in [-0.2, -0.15) is 0 Å². The summed E-state index contributed by atoms with van der Waals surface area (Å²) in [6.07, 6.45) is 0.889. The summed E-state index contributed by atoms with van der Waals surface area (Å²) in [5.41, 5.74) is 7.24. The van der Waals surface area contributed by atoms with Crippen LogP contribution in [-0.4, -0.2) is 26.9 Å². The Bertz CT molecular complexity index is 1180. The second-order valence-corrected chi connectivity index (χ2v) is 7.63. The average Bonchev–Trinajstić information content (AvgIpc) is 3.18. The lowest BCUT2D eigenvalue weighted by atomic mass is 10.0. The van der Waals surface area contributed by atoms with Crippen molar-refractivity contribution in [3.05, 3.63) is 71.0 Å². The first-order valence-electron chi connectivity index (χ1n) is 9.53. The second-order valence-electron chi connectivity index (χ2n) is 7.63. The number of carbonyl (C=O) groups excluding carboxylic acids is 1. The van der Waals surface area contributed by atoms with Crippen LogP contribution in [0.2, 0.25) is 0 Å². The molecule has 5 rings (SSSR count). The molecule has 0 radical (unpaired) electrons. The van der Waals surface area contributed by atoms with Gasteiger partial charge in [-0.1, -0.05) is 29.8 Å². The van der Waals surface area contributed by atoms with Gasteiger partial charge in [-0.15, -0.1) is 0 Å². The van der Waals surface area contributed by atoms with Crippen molar-refractivity contribution in [1.82, 2.24) is 14.5 Å². The molecule has 1 N–H and O–H groups in total. The Kier molecular flexibility index (Phi) is 3.61. The third-order valence-corrected chi connectivity index (χ3v) is 5.79. The van der Waals surface area contributed by atoms with E-state index in [1.807, 2.05) is 17.0 Å². The highest BCUT2D eigenvalue weighted by atomic mass is 16.2. The fraction of sp³-hybridized carbons (Fsp3) is 0.261. The van der Waals surface area contributed by atoms with Crippen LogP contribution in [0.3, 0.4) is 0 Å². The van der Waals surface area contributed by atoms with E-state index in [-0.39, 0.29) is 5.91 Å². The van der Waals surface area contributed by atoms with Gasteiger partial charge in [0.2, 0.25) is 5.91 Å². The fourth-order valence-corrected chi connectivity index (χ4v) is 4.33. The second kappa shape index (κ2) is 6.02. The summed E-state index contributed by atoms with van der Waals surface area (Å²) in [4.78, 5) is 18.6. The van der Waals surface area contributed by atoms with Crippen LogP contribution < -0.4 is 0 Å². The summed E-state index contributed by atoms with van der Waals surface area (Å²) in [5, 5.41) is 2.45. The number of nitrogens with one attached hydrogen (secondary N) is 1. The molecule has 4 heteroatoms. The molecule has 0 unspecified atom stereocenters. The first-order valence-corrected chi connectivity index (χ1v) is 9.53. The molecule has 0 aliphatic carbocycles.